The van der Waals surface area contributed by atoms with E-state index in [1.54, 1.807) is 18.3 Å². The van der Waals surface area contributed by atoms with E-state index < -0.39 is 5.82 Å². The smallest absolute Gasteiger partial charge is 0.141 e. The highest BCUT2D eigenvalue weighted by Gasteiger charge is 2.07. The SMILES string of the molecule is Fc1ccc(-c2ccc(CNCCCn3ccnc3)o2)cc1Cl.[Cl-]. The van der Waals surface area contributed by atoms with Gasteiger partial charge in [0.1, 0.15) is 17.3 Å². The van der Waals surface area contributed by atoms with Gasteiger partial charge in [-0.2, -0.15) is 0 Å². The fraction of sp³-hybridized carbons (Fsp3) is 0.235. The van der Waals surface area contributed by atoms with Crippen LogP contribution in [0, 0.1) is 5.82 Å². The Balaban J connectivity index is 0.00000208. The molecule has 1 aromatic carbocycles. The Hall–Kier alpha value is -1.82. The molecule has 0 bridgehead atoms. The summed E-state index contributed by atoms with van der Waals surface area (Å²) in [4.78, 5) is 4.01. The van der Waals surface area contributed by atoms with E-state index in [0.29, 0.717) is 12.3 Å². The number of hydrogen-bond acceptors (Lipinski definition) is 3. The number of aromatic nitrogens is 2. The van der Waals surface area contributed by atoms with Gasteiger partial charge in [-0.25, -0.2) is 9.37 Å². The van der Waals surface area contributed by atoms with E-state index in [0.717, 1.165) is 30.8 Å². The zero-order valence-electron chi connectivity index (χ0n) is 12.9. The second-order valence-electron chi connectivity index (χ2n) is 5.23. The van der Waals surface area contributed by atoms with Gasteiger partial charge in [0.05, 0.1) is 17.9 Å². The third-order valence-corrected chi connectivity index (χ3v) is 3.78. The zero-order chi connectivity index (χ0) is 16.1. The summed E-state index contributed by atoms with van der Waals surface area (Å²) in [5.74, 6) is 1.09. The number of nitrogens with zero attached hydrogens (tertiary/aromatic N) is 2. The first kappa shape index (κ1) is 18.5. The van der Waals surface area contributed by atoms with Crippen molar-refractivity contribution in [3.63, 3.8) is 0 Å². The van der Waals surface area contributed by atoms with Gasteiger partial charge in [0.2, 0.25) is 0 Å². The Bertz CT molecular complexity index is 759. The van der Waals surface area contributed by atoms with Gasteiger partial charge in [0.25, 0.3) is 0 Å². The number of furan rings is 1. The summed E-state index contributed by atoms with van der Waals surface area (Å²) in [6, 6.07) is 8.34. The summed E-state index contributed by atoms with van der Waals surface area (Å²) in [6.45, 7) is 2.47. The van der Waals surface area contributed by atoms with Crippen LogP contribution in [-0.4, -0.2) is 16.1 Å². The standard InChI is InChI=1S/C17H17ClFN3O.ClH/c18-15-10-13(2-4-16(15)19)17-5-3-14(23-17)11-20-6-1-8-22-9-7-21-12-22;/h2-5,7,9-10,12,20H,1,6,8,11H2;1H/p-1. The predicted octanol–water partition coefficient (Wildman–Crippen LogP) is 1.12. The minimum absolute atomic E-state index is 0. The molecule has 0 atom stereocenters. The summed E-state index contributed by atoms with van der Waals surface area (Å²) in [6.07, 6.45) is 6.55. The maximum absolute atomic E-state index is 13.2. The van der Waals surface area contributed by atoms with Gasteiger partial charge in [0.15, 0.2) is 0 Å². The Labute approximate surface area is 151 Å². The largest absolute Gasteiger partial charge is 1.00 e. The van der Waals surface area contributed by atoms with Crippen LogP contribution in [0.5, 0.6) is 0 Å². The second-order valence-corrected chi connectivity index (χ2v) is 5.63. The predicted molar refractivity (Wildman–Crippen MR) is 87.7 cm³/mol. The summed E-state index contributed by atoms with van der Waals surface area (Å²) < 4.78 is 21.0. The van der Waals surface area contributed by atoms with Gasteiger partial charge in [-0.05, 0) is 43.3 Å². The Kier molecular flexibility index (Phi) is 6.85. The summed E-state index contributed by atoms with van der Waals surface area (Å²) in [7, 11) is 0. The van der Waals surface area contributed by atoms with Crippen LogP contribution in [0.3, 0.4) is 0 Å². The third-order valence-electron chi connectivity index (χ3n) is 3.49. The number of hydrogen-bond donors (Lipinski definition) is 1. The molecule has 0 saturated carbocycles. The average molecular weight is 369 g/mol. The molecule has 0 fully saturated rings. The number of halogens is 3. The van der Waals surface area contributed by atoms with Crippen LogP contribution < -0.4 is 17.7 Å². The molecule has 0 unspecified atom stereocenters. The van der Waals surface area contributed by atoms with Crippen molar-refractivity contribution in [2.24, 2.45) is 0 Å². The van der Waals surface area contributed by atoms with E-state index in [9.17, 15) is 4.39 Å². The number of benzene rings is 1. The number of aryl methyl sites for hydroxylation is 1. The molecule has 0 aliphatic rings. The van der Waals surface area contributed by atoms with Gasteiger partial charge in [-0.15, -0.1) is 0 Å². The fourth-order valence-electron chi connectivity index (χ4n) is 2.29. The highest BCUT2D eigenvalue weighted by molar-refractivity contribution is 6.31. The second kappa shape index (κ2) is 8.87. The van der Waals surface area contributed by atoms with Crippen molar-refractivity contribution >= 4 is 11.6 Å². The molecule has 0 spiro atoms. The lowest BCUT2D eigenvalue weighted by molar-refractivity contribution is -0.00000579. The van der Waals surface area contributed by atoms with Gasteiger partial charge >= 0.3 is 0 Å². The van der Waals surface area contributed by atoms with Crippen LogP contribution >= 0.6 is 11.6 Å². The quantitative estimate of drug-likeness (QED) is 0.635. The van der Waals surface area contributed by atoms with Crippen LogP contribution in [0.25, 0.3) is 11.3 Å². The third kappa shape index (κ3) is 4.84. The van der Waals surface area contributed by atoms with Crippen LogP contribution in [0.4, 0.5) is 4.39 Å². The molecule has 2 heterocycles. The van der Waals surface area contributed by atoms with Crippen LogP contribution in [0.15, 0.2) is 53.5 Å². The van der Waals surface area contributed by atoms with Gasteiger partial charge in [0, 0.05) is 24.5 Å². The van der Waals surface area contributed by atoms with Crippen molar-refractivity contribution in [2.45, 2.75) is 19.5 Å². The van der Waals surface area contributed by atoms with Crippen molar-refractivity contribution in [2.75, 3.05) is 6.54 Å². The molecule has 0 aliphatic heterocycles. The highest BCUT2D eigenvalue weighted by Crippen LogP contribution is 2.26. The molecule has 0 saturated heterocycles. The van der Waals surface area contributed by atoms with E-state index in [-0.39, 0.29) is 17.4 Å². The van der Waals surface area contributed by atoms with Crippen molar-refractivity contribution in [1.82, 2.24) is 14.9 Å². The Morgan fingerprint density at radius 1 is 1.25 bits per heavy atom. The summed E-state index contributed by atoms with van der Waals surface area (Å²) in [5, 5.41) is 3.43. The minimum atomic E-state index is -0.429. The molecule has 0 aliphatic carbocycles. The normalized spacial score (nSPS) is 10.6. The van der Waals surface area contributed by atoms with Gasteiger partial charge in [-0.1, -0.05) is 11.6 Å². The summed E-state index contributed by atoms with van der Waals surface area (Å²) >= 11 is 5.80. The number of imidazole rings is 1. The first-order chi connectivity index (χ1) is 11.2. The number of nitrogens with one attached hydrogen (secondary N) is 1. The van der Waals surface area contributed by atoms with Gasteiger partial charge < -0.3 is 26.7 Å². The molecule has 4 nitrogen and oxygen atoms in total. The topological polar surface area (TPSA) is 43.0 Å². The van der Waals surface area contributed by atoms with Crippen LogP contribution in [-0.2, 0) is 13.1 Å². The minimum Gasteiger partial charge on any atom is -1.00 e. The van der Waals surface area contributed by atoms with E-state index in [2.05, 4.69) is 10.3 Å². The molecular formula is C17H17Cl2FN3O-. The van der Waals surface area contributed by atoms with E-state index in [4.69, 9.17) is 16.0 Å². The molecule has 0 amide bonds. The molecule has 3 aromatic rings. The lowest BCUT2D eigenvalue weighted by Gasteiger charge is -2.04. The van der Waals surface area contributed by atoms with Crippen molar-refractivity contribution < 1.29 is 21.2 Å². The average Bonchev–Trinajstić information content (AvgIpc) is 3.21. The van der Waals surface area contributed by atoms with Crippen LogP contribution in [0.1, 0.15) is 12.2 Å². The molecule has 128 valence electrons. The fourth-order valence-corrected chi connectivity index (χ4v) is 2.48. The van der Waals surface area contributed by atoms with Gasteiger partial charge in [-0.3, -0.25) is 0 Å². The van der Waals surface area contributed by atoms with Crippen LogP contribution in [0.2, 0.25) is 5.02 Å². The Morgan fingerprint density at radius 3 is 2.88 bits per heavy atom. The molecule has 3 rings (SSSR count). The lowest BCUT2D eigenvalue weighted by atomic mass is 10.2. The van der Waals surface area contributed by atoms with E-state index in [1.807, 2.05) is 29.2 Å². The highest BCUT2D eigenvalue weighted by atomic mass is 35.5. The van der Waals surface area contributed by atoms with Crippen molar-refractivity contribution in [3.05, 3.63) is 65.7 Å². The van der Waals surface area contributed by atoms with E-state index in [1.165, 1.54) is 6.07 Å². The maximum atomic E-state index is 13.2. The summed E-state index contributed by atoms with van der Waals surface area (Å²) in [5.41, 5.74) is 0.766. The molecule has 7 heteroatoms. The molecule has 1 N–H and O–H groups in total. The first-order valence-electron chi connectivity index (χ1n) is 7.43. The zero-order valence-corrected chi connectivity index (χ0v) is 14.4. The van der Waals surface area contributed by atoms with Crippen molar-refractivity contribution in [3.8, 4) is 11.3 Å². The molecule has 24 heavy (non-hydrogen) atoms. The monoisotopic (exact) mass is 368 g/mol. The molecule has 0 radical (unpaired) electrons. The number of rotatable bonds is 7. The molecule has 2 aromatic heterocycles. The van der Waals surface area contributed by atoms with Crippen molar-refractivity contribution in [1.29, 1.82) is 0 Å². The molecular weight excluding hydrogens is 352 g/mol. The maximum Gasteiger partial charge on any atom is 0.141 e. The Morgan fingerprint density at radius 2 is 2.12 bits per heavy atom. The van der Waals surface area contributed by atoms with E-state index >= 15 is 0 Å². The first-order valence-corrected chi connectivity index (χ1v) is 7.81. The lowest BCUT2D eigenvalue weighted by Crippen LogP contribution is -3.00.